The van der Waals surface area contributed by atoms with Crippen LogP contribution in [0.4, 0.5) is 5.82 Å². The van der Waals surface area contributed by atoms with Gasteiger partial charge in [-0.15, -0.1) is 10.2 Å². The molecular formula is C41H65N5O4S. The van der Waals surface area contributed by atoms with Gasteiger partial charge < -0.3 is 20.2 Å². The van der Waals surface area contributed by atoms with Crippen LogP contribution in [0.1, 0.15) is 116 Å². The van der Waals surface area contributed by atoms with Gasteiger partial charge in [0.2, 0.25) is 0 Å². The number of sulfone groups is 1. The average molecular weight is 724 g/mol. The second-order valence-corrected chi connectivity index (χ2v) is 21.5. The van der Waals surface area contributed by atoms with Gasteiger partial charge in [0.15, 0.2) is 21.3 Å². The fraction of sp³-hybridized carbons (Fsp3) is 0.829. The molecule has 0 radical (unpaired) electrons. The molecule has 2 aliphatic heterocycles. The van der Waals surface area contributed by atoms with Gasteiger partial charge >= 0.3 is 5.97 Å². The maximum atomic E-state index is 11.9. The molecule has 9 atom stereocenters. The second-order valence-electron chi connectivity index (χ2n) is 19.2. The zero-order chi connectivity index (χ0) is 36.6. The lowest BCUT2D eigenvalue weighted by atomic mass is 9.33. The number of rotatable bonds is 9. The third-order valence-electron chi connectivity index (χ3n) is 16.8. The van der Waals surface area contributed by atoms with E-state index in [9.17, 15) is 18.3 Å². The fourth-order valence-corrected chi connectivity index (χ4v) is 15.3. The number of hydrogen-bond acceptors (Lipinski definition) is 8. The summed E-state index contributed by atoms with van der Waals surface area (Å²) in [5, 5.41) is 21.8. The molecule has 0 aromatic carbocycles. The van der Waals surface area contributed by atoms with Crippen LogP contribution in [0.5, 0.6) is 0 Å². The van der Waals surface area contributed by atoms with Crippen LogP contribution in [0.3, 0.4) is 0 Å². The van der Waals surface area contributed by atoms with Gasteiger partial charge in [0.25, 0.3) is 0 Å². The van der Waals surface area contributed by atoms with Crippen LogP contribution < -0.4 is 10.2 Å². The summed E-state index contributed by atoms with van der Waals surface area (Å²) in [6.07, 6.45) is 12.5. The van der Waals surface area contributed by atoms with Crippen molar-refractivity contribution in [3.63, 3.8) is 0 Å². The second kappa shape index (κ2) is 13.1. The molecule has 10 heteroatoms. The first-order valence-corrected chi connectivity index (χ1v) is 21.9. The fourth-order valence-electron chi connectivity index (χ4n) is 14.0. The topological polar surface area (TPSA) is 116 Å². The van der Waals surface area contributed by atoms with Crippen molar-refractivity contribution < 1.29 is 18.3 Å². The number of aromatic carboxylic acids is 1. The van der Waals surface area contributed by atoms with E-state index in [0.29, 0.717) is 65.0 Å². The molecule has 6 aliphatic rings. The lowest BCUT2D eigenvalue weighted by Crippen LogP contribution is -2.70. The standard InChI is InChI=1S/C41H65N5O4S/c1-28(2)29-13-16-41(27-42-20-8-21-45-23-25-51(49,50)26-24-45)18-17-39(6)30(35(29)41)9-11-33-38(5)19-22-46(34-12-10-31(36(47)48)43-44-34)37(3,4)32(38)14-15-40(33,39)7/h10,12,29-30,32-33,35,42H,1,8-9,11,13-27H2,2-7H3,(H,47,48)/t29-,30+,32-,33+,35+,38-,39+,40+,41+/m0/s1. The first kappa shape index (κ1) is 37.3. The molecule has 4 aliphatic carbocycles. The zero-order valence-corrected chi connectivity index (χ0v) is 33.2. The Morgan fingerprint density at radius 3 is 2.33 bits per heavy atom. The summed E-state index contributed by atoms with van der Waals surface area (Å²) in [4.78, 5) is 16.2. The number of anilines is 1. The van der Waals surface area contributed by atoms with Gasteiger partial charge in [-0.05, 0) is 161 Å². The smallest absolute Gasteiger partial charge is 0.356 e. The molecule has 4 saturated carbocycles. The monoisotopic (exact) mass is 723 g/mol. The highest BCUT2D eigenvalue weighted by molar-refractivity contribution is 7.91. The molecule has 51 heavy (non-hydrogen) atoms. The molecule has 2 N–H and O–H groups in total. The van der Waals surface area contributed by atoms with Crippen molar-refractivity contribution in [3.8, 4) is 0 Å². The van der Waals surface area contributed by atoms with Crippen LogP contribution in [0, 0.1) is 51.2 Å². The number of allylic oxidation sites excluding steroid dienone is 1. The van der Waals surface area contributed by atoms with E-state index in [2.05, 4.69) is 73.4 Å². The summed E-state index contributed by atoms with van der Waals surface area (Å²) in [5.41, 5.74) is 2.42. The van der Waals surface area contributed by atoms with Gasteiger partial charge in [-0.1, -0.05) is 32.9 Å². The Morgan fingerprint density at radius 2 is 1.67 bits per heavy atom. The number of carboxylic acid groups (broad SMARTS) is 1. The molecule has 1 aromatic rings. The molecule has 7 rings (SSSR count). The predicted molar refractivity (Wildman–Crippen MR) is 204 cm³/mol. The first-order chi connectivity index (χ1) is 24.0. The Balaban J connectivity index is 1.08. The molecule has 1 aromatic heterocycles. The third-order valence-corrected chi connectivity index (χ3v) is 18.4. The highest BCUT2D eigenvalue weighted by Crippen LogP contribution is 2.76. The van der Waals surface area contributed by atoms with E-state index >= 15 is 0 Å². The molecule has 6 fully saturated rings. The molecule has 3 heterocycles. The summed E-state index contributed by atoms with van der Waals surface area (Å²) >= 11 is 0. The quantitative estimate of drug-likeness (QED) is 0.212. The first-order valence-electron chi connectivity index (χ1n) is 20.1. The van der Waals surface area contributed by atoms with E-state index in [1.165, 1.54) is 56.9 Å². The lowest BCUT2D eigenvalue weighted by Gasteiger charge is -2.73. The number of carbonyl (C=O) groups is 1. The molecule has 9 nitrogen and oxygen atoms in total. The summed E-state index contributed by atoms with van der Waals surface area (Å²) in [6.45, 7) is 25.1. The summed E-state index contributed by atoms with van der Waals surface area (Å²) in [5.74, 6) is 3.57. The molecular weight excluding hydrogens is 659 g/mol. The number of carboxylic acids is 1. The van der Waals surface area contributed by atoms with E-state index in [0.717, 1.165) is 44.8 Å². The lowest BCUT2D eigenvalue weighted by molar-refractivity contribution is -0.227. The van der Waals surface area contributed by atoms with E-state index in [1.54, 1.807) is 6.07 Å². The van der Waals surface area contributed by atoms with Crippen molar-refractivity contribution in [3.05, 3.63) is 30.0 Å². The zero-order valence-electron chi connectivity index (χ0n) is 32.3. The molecule has 0 amide bonds. The third kappa shape index (κ3) is 6.00. The average Bonchev–Trinajstić information content (AvgIpc) is 3.45. The minimum atomic E-state index is -2.83. The summed E-state index contributed by atoms with van der Waals surface area (Å²) in [7, 11) is -2.83. The predicted octanol–water partition coefficient (Wildman–Crippen LogP) is 6.71. The van der Waals surface area contributed by atoms with Crippen molar-refractivity contribution in [2.24, 2.45) is 51.2 Å². The number of piperidine rings is 1. The Bertz CT molecular complexity index is 1600. The van der Waals surface area contributed by atoms with Crippen molar-refractivity contribution in [1.82, 2.24) is 20.4 Å². The molecule has 0 bridgehead atoms. The Kier molecular flexibility index (Phi) is 9.55. The van der Waals surface area contributed by atoms with Crippen LogP contribution >= 0.6 is 0 Å². The minimum absolute atomic E-state index is 0.00526. The van der Waals surface area contributed by atoms with Crippen molar-refractivity contribution in [1.29, 1.82) is 0 Å². The minimum Gasteiger partial charge on any atom is -0.476 e. The van der Waals surface area contributed by atoms with Gasteiger partial charge in [-0.3, -0.25) is 0 Å². The largest absolute Gasteiger partial charge is 0.476 e. The molecule has 0 unspecified atom stereocenters. The van der Waals surface area contributed by atoms with Gasteiger partial charge in [-0.25, -0.2) is 13.2 Å². The molecule has 0 spiro atoms. The number of nitrogens with zero attached hydrogens (tertiary/aromatic N) is 4. The maximum Gasteiger partial charge on any atom is 0.356 e. The normalized spacial score (nSPS) is 41.5. The van der Waals surface area contributed by atoms with Crippen LogP contribution in [0.15, 0.2) is 24.3 Å². The van der Waals surface area contributed by atoms with Gasteiger partial charge in [0.1, 0.15) is 0 Å². The molecule has 284 valence electrons. The number of hydrogen-bond donors (Lipinski definition) is 2. The van der Waals surface area contributed by atoms with E-state index < -0.39 is 15.8 Å². The van der Waals surface area contributed by atoms with E-state index in [4.69, 9.17) is 0 Å². The van der Waals surface area contributed by atoms with Gasteiger partial charge in [0, 0.05) is 31.7 Å². The van der Waals surface area contributed by atoms with Crippen LogP contribution in [-0.4, -0.2) is 90.9 Å². The summed E-state index contributed by atoms with van der Waals surface area (Å²) < 4.78 is 23.7. The Morgan fingerprint density at radius 1 is 0.922 bits per heavy atom. The molecule has 2 saturated heterocycles. The van der Waals surface area contributed by atoms with Gasteiger partial charge in [-0.2, -0.15) is 0 Å². The number of fused-ring (bicyclic) bond motifs is 7. The van der Waals surface area contributed by atoms with Gasteiger partial charge in [0.05, 0.1) is 11.5 Å². The van der Waals surface area contributed by atoms with Crippen LogP contribution in [0.25, 0.3) is 0 Å². The van der Waals surface area contributed by atoms with Crippen LogP contribution in [0.2, 0.25) is 0 Å². The Hall–Kier alpha value is -2.04. The van der Waals surface area contributed by atoms with Crippen molar-refractivity contribution >= 4 is 21.6 Å². The maximum absolute atomic E-state index is 11.9. The highest BCUT2D eigenvalue weighted by atomic mass is 32.2. The number of aromatic nitrogens is 2. The van der Waals surface area contributed by atoms with Crippen molar-refractivity contribution in [2.45, 2.75) is 111 Å². The highest BCUT2D eigenvalue weighted by Gasteiger charge is 2.70. The van der Waals surface area contributed by atoms with E-state index in [1.807, 2.05) is 6.07 Å². The van der Waals surface area contributed by atoms with Crippen molar-refractivity contribution in [2.75, 3.05) is 55.7 Å². The number of nitrogens with one attached hydrogen (secondary N) is 1. The van der Waals surface area contributed by atoms with Crippen LogP contribution in [-0.2, 0) is 9.84 Å². The SMILES string of the molecule is C=C(C)[C@@H]1CC[C@]2(CNCCCN3CCS(=O)(=O)CC3)CC[C@]3(C)[C@H](CC[C@@H]4[C@@]5(C)CCN(c6ccc(C(=O)O)nn6)C(C)(C)[C@@H]5CC[C@]43C)[C@@H]12. The van der Waals surface area contributed by atoms with E-state index in [-0.39, 0.29) is 22.1 Å². The summed E-state index contributed by atoms with van der Waals surface area (Å²) in [6, 6.07) is 3.45. The Labute approximate surface area is 307 Å².